The molecule has 0 saturated carbocycles. The molecule has 4 N–H and O–H groups in total. The first-order chi connectivity index (χ1) is 15.2. The van der Waals surface area contributed by atoms with Crippen LogP contribution in [0.25, 0.3) is 0 Å². The number of rotatable bonds is 12. The summed E-state index contributed by atoms with van der Waals surface area (Å²) in [6.07, 6.45) is 2.36. The van der Waals surface area contributed by atoms with Crippen LogP contribution in [0, 0.1) is 12.7 Å². The normalized spacial score (nSPS) is 12.4. The highest BCUT2D eigenvalue weighted by atomic mass is 19.1. The molecule has 0 aliphatic heterocycles. The van der Waals surface area contributed by atoms with Gasteiger partial charge in [-0.25, -0.2) is 4.39 Å². The molecule has 2 rings (SSSR count). The summed E-state index contributed by atoms with van der Waals surface area (Å²) in [6, 6.07) is 7.97. The van der Waals surface area contributed by atoms with Crippen LogP contribution in [-0.4, -0.2) is 31.1 Å². The molecule has 1 amide bonds. The number of halogens is 1. The molecular weight excluding hydrogens is 421 g/mol. The van der Waals surface area contributed by atoms with E-state index in [0.717, 1.165) is 17.5 Å². The first-order valence-electron chi connectivity index (χ1n) is 10.9. The van der Waals surface area contributed by atoms with Crippen molar-refractivity contribution >= 4 is 23.7 Å². The maximum Gasteiger partial charge on any atom is 0.218 e. The molecule has 0 bridgehead atoms. The number of carbonyl (C=O) groups excluding carboxylic acids is 3. The van der Waals surface area contributed by atoms with Gasteiger partial charge in [0, 0.05) is 48.8 Å². The van der Waals surface area contributed by atoms with E-state index < -0.39 is 17.5 Å². The molecule has 0 fully saturated rings. The Hall–Kier alpha value is -3.06. The van der Waals surface area contributed by atoms with Crippen molar-refractivity contribution in [3.63, 3.8) is 0 Å². The Morgan fingerprint density at radius 1 is 1.21 bits per heavy atom. The molecule has 2 aromatic carbocycles. The van der Waals surface area contributed by atoms with Gasteiger partial charge >= 0.3 is 0 Å². The average Bonchev–Trinajstić information content (AvgIpc) is 2.75. The van der Waals surface area contributed by atoms with E-state index in [4.69, 9.17) is 5.73 Å². The summed E-state index contributed by atoms with van der Waals surface area (Å²) < 4.78 is 15.7. The Labute approximate surface area is 196 Å². The zero-order valence-electron chi connectivity index (χ0n) is 19.1. The van der Waals surface area contributed by atoms with E-state index in [2.05, 4.69) is 10.6 Å². The summed E-state index contributed by atoms with van der Waals surface area (Å²) >= 11 is 0. The predicted molar refractivity (Wildman–Crippen MR) is 131 cm³/mol. The van der Waals surface area contributed by atoms with Crippen LogP contribution < -0.4 is 16.4 Å². The fourth-order valence-corrected chi connectivity index (χ4v) is 3.91. The fourth-order valence-electron chi connectivity index (χ4n) is 3.91. The standard InChI is InChI=1S/C25H32FN3O3.CH4/c1-5-20(29-16(3)13-22(27)31)19-10-8-15(2)23(24(19)26)25(32)18-9-11-21(28-4)17(14-18)7-6-12-30;/h8-12,14,16,20,28-29H,5-7,13H2,1-4H3,(H2,27,31);1H4. The number of anilines is 1. The second-order valence-corrected chi connectivity index (χ2v) is 8.02. The van der Waals surface area contributed by atoms with Crippen molar-refractivity contribution in [1.82, 2.24) is 5.32 Å². The molecule has 0 heterocycles. The minimum Gasteiger partial charge on any atom is -0.388 e. The number of amides is 1. The van der Waals surface area contributed by atoms with Gasteiger partial charge in [0.15, 0.2) is 5.78 Å². The Morgan fingerprint density at radius 2 is 1.91 bits per heavy atom. The molecule has 2 atom stereocenters. The highest BCUT2D eigenvalue weighted by Gasteiger charge is 2.24. The number of carbonyl (C=O) groups is 3. The van der Waals surface area contributed by atoms with Gasteiger partial charge < -0.3 is 21.2 Å². The average molecular weight is 458 g/mol. The minimum absolute atomic E-state index is 0. The lowest BCUT2D eigenvalue weighted by Gasteiger charge is -2.24. The summed E-state index contributed by atoms with van der Waals surface area (Å²) in [7, 11) is 1.77. The van der Waals surface area contributed by atoms with Gasteiger partial charge in [-0.1, -0.05) is 26.5 Å². The van der Waals surface area contributed by atoms with Gasteiger partial charge in [0.2, 0.25) is 5.91 Å². The summed E-state index contributed by atoms with van der Waals surface area (Å²) in [6.45, 7) is 5.43. The molecule has 0 saturated heterocycles. The smallest absolute Gasteiger partial charge is 0.218 e. The first kappa shape index (κ1) is 28.0. The summed E-state index contributed by atoms with van der Waals surface area (Å²) in [5, 5.41) is 6.29. The van der Waals surface area contributed by atoms with Gasteiger partial charge in [-0.15, -0.1) is 0 Å². The van der Waals surface area contributed by atoms with Gasteiger partial charge in [0.1, 0.15) is 12.1 Å². The third-order valence-corrected chi connectivity index (χ3v) is 5.55. The van der Waals surface area contributed by atoms with Crippen LogP contribution in [0.2, 0.25) is 0 Å². The SMILES string of the molecule is C.CCC(NC(C)CC(N)=O)c1ccc(C)c(C(=O)c2ccc(NC)c(CCC=O)c2)c1F. The van der Waals surface area contributed by atoms with E-state index >= 15 is 4.39 Å². The third-order valence-electron chi connectivity index (χ3n) is 5.55. The number of benzene rings is 2. The zero-order valence-corrected chi connectivity index (χ0v) is 19.1. The van der Waals surface area contributed by atoms with Gasteiger partial charge in [-0.3, -0.25) is 9.59 Å². The van der Waals surface area contributed by atoms with Crippen molar-refractivity contribution in [3.05, 3.63) is 64.0 Å². The molecule has 180 valence electrons. The van der Waals surface area contributed by atoms with E-state index in [1.165, 1.54) is 0 Å². The van der Waals surface area contributed by atoms with E-state index in [1.54, 1.807) is 44.3 Å². The van der Waals surface area contributed by atoms with Gasteiger partial charge in [0.25, 0.3) is 0 Å². The van der Waals surface area contributed by atoms with Crippen LogP contribution in [0.5, 0.6) is 0 Å². The Morgan fingerprint density at radius 3 is 2.48 bits per heavy atom. The van der Waals surface area contributed by atoms with Crippen LogP contribution in [-0.2, 0) is 16.0 Å². The topological polar surface area (TPSA) is 101 Å². The molecule has 2 unspecified atom stereocenters. The van der Waals surface area contributed by atoms with E-state index in [1.807, 2.05) is 13.8 Å². The zero-order chi connectivity index (χ0) is 23.8. The largest absolute Gasteiger partial charge is 0.388 e. The maximum absolute atomic E-state index is 15.7. The van der Waals surface area contributed by atoms with Crippen LogP contribution in [0.3, 0.4) is 0 Å². The fraction of sp³-hybridized carbons (Fsp3) is 0.423. The lowest BCUT2D eigenvalue weighted by atomic mass is 9.91. The van der Waals surface area contributed by atoms with Crippen molar-refractivity contribution in [2.75, 3.05) is 12.4 Å². The van der Waals surface area contributed by atoms with Gasteiger partial charge in [-0.2, -0.15) is 0 Å². The summed E-state index contributed by atoms with van der Waals surface area (Å²) in [5.74, 6) is -1.40. The molecule has 0 radical (unpaired) electrons. The highest BCUT2D eigenvalue weighted by molar-refractivity contribution is 6.10. The lowest BCUT2D eigenvalue weighted by molar-refractivity contribution is -0.118. The Balaban J connectivity index is 0.00000544. The Kier molecular flexibility index (Phi) is 10.9. The number of ketones is 1. The van der Waals surface area contributed by atoms with Crippen molar-refractivity contribution < 1.29 is 18.8 Å². The lowest BCUT2D eigenvalue weighted by Crippen LogP contribution is -2.34. The minimum atomic E-state index is -0.562. The third kappa shape index (κ3) is 6.96. The number of hydrogen-bond donors (Lipinski definition) is 3. The number of aryl methyl sites for hydroxylation is 2. The van der Waals surface area contributed by atoms with Gasteiger partial charge in [0.05, 0.1) is 5.56 Å². The molecule has 0 spiro atoms. The van der Waals surface area contributed by atoms with Crippen LogP contribution in [0.1, 0.15) is 79.2 Å². The van der Waals surface area contributed by atoms with Crippen LogP contribution >= 0.6 is 0 Å². The number of nitrogens with one attached hydrogen (secondary N) is 2. The molecule has 7 heteroatoms. The molecule has 33 heavy (non-hydrogen) atoms. The quantitative estimate of drug-likeness (QED) is 0.322. The number of nitrogens with two attached hydrogens (primary N) is 1. The van der Waals surface area contributed by atoms with Crippen LogP contribution in [0.15, 0.2) is 30.3 Å². The van der Waals surface area contributed by atoms with Crippen molar-refractivity contribution in [2.24, 2.45) is 5.73 Å². The second kappa shape index (κ2) is 12.8. The molecule has 0 aliphatic carbocycles. The number of aldehydes is 1. The monoisotopic (exact) mass is 457 g/mol. The Bertz CT molecular complexity index is 991. The van der Waals surface area contributed by atoms with Crippen molar-refractivity contribution in [2.45, 2.75) is 66.0 Å². The highest BCUT2D eigenvalue weighted by Crippen LogP contribution is 2.28. The van der Waals surface area contributed by atoms with E-state index in [-0.39, 0.29) is 31.5 Å². The summed E-state index contributed by atoms with van der Waals surface area (Å²) in [5.41, 5.74) is 8.25. The number of primary amides is 1. The van der Waals surface area contributed by atoms with Crippen molar-refractivity contribution in [3.8, 4) is 0 Å². The van der Waals surface area contributed by atoms with Gasteiger partial charge in [-0.05, 0) is 56.0 Å². The molecule has 0 aliphatic rings. The van der Waals surface area contributed by atoms with E-state index in [9.17, 15) is 14.4 Å². The maximum atomic E-state index is 15.7. The molecule has 6 nitrogen and oxygen atoms in total. The first-order valence-corrected chi connectivity index (χ1v) is 10.9. The second-order valence-electron chi connectivity index (χ2n) is 8.02. The molecular formula is C26H36FN3O3. The van der Waals surface area contributed by atoms with E-state index in [0.29, 0.717) is 36.0 Å². The molecule has 0 aromatic heterocycles. The molecule has 2 aromatic rings. The van der Waals surface area contributed by atoms with Crippen LogP contribution in [0.4, 0.5) is 10.1 Å². The summed E-state index contributed by atoms with van der Waals surface area (Å²) in [4.78, 5) is 35.3. The van der Waals surface area contributed by atoms with Crippen molar-refractivity contribution in [1.29, 1.82) is 0 Å². The number of hydrogen-bond acceptors (Lipinski definition) is 5. The predicted octanol–water partition coefficient (Wildman–Crippen LogP) is 4.48.